The molecule has 1 fully saturated rings. The van der Waals surface area contributed by atoms with Crippen LogP contribution in [0.5, 0.6) is 5.75 Å². The minimum atomic E-state index is -4.69. The predicted octanol–water partition coefficient (Wildman–Crippen LogP) is 1.76. The number of alkyl halides is 3. The minimum Gasteiger partial charge on any atom is -0.406 e. The Balaban J connectivity index is 1.95. The molecule has 0 amide bonds. The molecule has 18 heavy (non-hydrogen) atoms. The molecule has 2 N–H and O–H groups in total. The van der Waals surface area contributed by atoms with Gasteiger partial charge in [-0.25, -0.2) is 0 Å². The van der Waals surface area contributed by atoms with Gasteiger partial charge in [-0.1, -0.05) is 0 Å². The Labute approximate surface area is 101 Å². The van der Waals surface area contributed by atoms with Gasteiger partial charge in [0.05, 0.1) is 25.4 Å². The van der Waals surface area contributed by atoms with Crippen molar-refractivity contribution in [2.75, 3.05) is 18.5 Å². The third-order valence-electron chi connectivity index (χ3n) is 2.49. The van der Waals surface area contributed by atoms with Crippen molar-refractivity contribution in [3.8, 4) is 5.75 Å². The first-order chi connectivity index (χ1) is 8.44. The van der Waals surface area contributed by atoms with Crippen LogP contribution >= 0.6 is 0 Å². The van der Waals surface area contributed by atoms with E-state index in [1.807, 2.05) is 0 Å². The molecule has 7 heteroatoms. The average Bonchev–Trinajstić information content (AvgIpc) is 2.65. The fraction of sp³-hybridized carbons (Fsp3) is 0.455. The topological polar surface area (TPSA) is 50.7 Å². The maximum Gasteiger partial charge on any atom is 0.573 e. The van der Waals surface area contributed by atoms with E-state index in [2.05, 4.69) is 10.1 Å². The Morgan fingerprint density at radius 1 is 1.22 bits per heavy atom. The highest BCUT2D eigenvalue weighted by atomic mass is 19.4. The molecule has 1 heterocycles. The Morgan fingerprint density at radius 3 is 2.39 bits per heavy atom. The zero-order valence-electron chi connectivity index (χ0n) is 9.28. The summed E-state index contributed by atoms with van der Waals surface area (Å²) in [6.07, 6.45) is -5.30. The van der Waals surface area contributed by atoms with Gasteiger partial charge < -0.3 is 19.9 Å². The first kappa shape index (κ1) is 13.0. The highest BCUT2D eigenvalue weighted by Crippen LogP contribution is 2.24. The molecule has 1 aliphatic rings. The fourth-order valence-corrected chi connectivity index (χ4v) is 1.65. The molecule has 1 aliphatic heterocycles. The number of benzene rings is 1. The van der Waals surface area contributed by atoms with Crippen LogP contribution < -0.4 is 10.1 Å². The first-order valence-corrected chi connectivity index (χ1v) is 5.32. The quantitative estimate of drug-likeness (QED) is 0.872. The Hall–Kier alpha value is -1.47. The monoisotopic (exact) mass is 263 g/mol. The summed E-state index contributed by atoms with van der Waals surface area (Å²) in [5, 5.41) is 12.5. The van der Waals surface area contributed by atoms with Crippen LogP contribution in [0.4, 0.5) is 18.9 Å². The van der Waals surface area contributed by atoms with Gasteiger partial charge in [0.1, 0.15) is 5.75 Å². The lowest BCUT2D eigenvalue weighted by molar-refractivity contribution is -0.274. The van der Waals surface area contributed by atoms with E-state index in [1.165, 1.54) is 24.3 Å². The van der Waals surface area contributed by atoms with Crippen LogP contribution in [0.25, 0.3) is 0 Å². The molecule has 2 atom stereocenters. The van der Waals surface area contributed by atoms with Crippen molar-refractivity contribution in [1.29, 1.82) is 0 Å². The van der Waals surface area contributed by atoms with E-state index < -0.39 is 12.5 Å². The molecular formula is C11H12F3NO3. The molecule has 1 saturated heterocycles. The lowest BCUT2D eigenvalue weighted by Gasteiger charge is -2.16. The van der Waals surface area contributed by atoms with E-state index in [4.69, 9.17) is 4.74 Å². The number of ether oxygens (including phenoxy) is 2. The number of nitrogens with one attached hydrogen (secondary N) is 1. The van der Waals surface area contributed by atoms with Crippen molar-refractivity contribution in [3.63, 3.8) is 0 Å². The highest BCUT2D eigenvalue weighted by Gasteiger charge is 2.31. The van der Waals surface area contributed by atoms with Crippen LogP contribution in [0.1, 0.15) is 0 Å². The molecule has 2 unspecified atom stereocenters. The van der Waals surface area contributed by atoms with Gasteiger partial charge in [0, 0.05) is 5.69 Å². The van der Waals surface area contributed by atoms with Crippen molar-refractivity contribution in [1.82, 2.24) is 0 Å². The smallest absolute Gasteiger partial charge is 0.406 e. The number of hydrogen-bond donors (Lipinski definition) is 2. The van der Waals surface area contributed by atoms with Gasteiger partial charge in [-0.15, -0.1) is 13.2 Å². The molecule has 0 radical (unpaired) electrons. The van der Waals surface area contributed by atoms with E-state index in [0.29, 0.717) is 12.3 Å². The molecule has 1 aromatic carbocycles. The predicted molar refractivity (Wildman–Crippen MR) is 57.4 cm³/mol. The molecule has 1 aromatic rings. The Kier molecular flexibility index (Phi) is 3.63. The van der Waals surface area contributed by atoms with Crippen molar-refractivity contribution in [2.45, 2.75) is 18.5 Å². The molecule has 0 spiro atoms. The van der Waals surface area contributed by atoms with Crippen LogP contribution in [0.15, 0.2) is 24.3 Å². The third kappa shape index (κ3) is 3.51. The second kappa shape index (κ2) is 5.03. The van der Waals surface area contributed by atoms with Crippen LogP contribution in [0, 0.1) is 0 Å². The minimum absolute atomic E-state index is 0.251. The lowest BCUT2D eigenvalue weighted by Crippen LogP contribution is -2.31. The molecular weight excluding hydrogens is 251 g/mol. The van der Waals surface area contributed by atoms with E-state index >= 15 is 0 Å². The number of rotatable bonds is 3. The maximum absolute atomic E-state index is 11.9. The van der Waals surface area contributed by atoms with Crippen molar-refractivity contribution >= 4 is 5.69 Å². The lowest BCUT2D eigenvalue weighted by atomic mass is 10.2. The molecule has 0 aromatic heterocycles. The van der Waals surface area contributed by atoms with Gasteiger partial charge in [-0.3, -0.25) is 0 Å². The molecule has 4 nitrogen and oxygen atoms in total. The fourth-order valence-electron chi connectivity index (χ4n) is 1.65. The van der Waals surface area contributed by atoms with Gasteiger partial charge in [-0.05, 0) is 24.3 Å². The number of halogens is 3. The van der Waals surface area contributed by atoms with Gasteiger partial charge >= 0.3 is 6.36 Å². The first-order valence-electron chi connectivity index (χ1n) is 5.32. The largest absolute Gasteiger partial charge is 0.573 e. The highest BCUT2D eigenvalue weighted by molar-refractivity contribution is 5.47. The summed E-state index contributed by atoms with van der Waals surface area (Å²) >= 11 is 0. The molecule has 0 bridgehead atoms. The van der Waals surface area contributed by atoms with Crippen LogP contribution in [-0.2, 0) is 4.74 Å². The number of aliphatic hydroxyl groups is 1. The summed E-state index contributed by atoms with van der Waals surface area (Å²) in [7, 11) is 0. The third-order valence-corrected chi connectivity index (χ3v) is 2.49. The maximum atomic E-state index is 11.9. The Bertz CT molecular complexity index is 394. The van der Waals surface area contributed by atoms with Gasteiger partial charge in [-0.2, -0.15) is 0 Å². The summed E-state index contributed by atoms with van der Waals surface area (Å²) in [6, 6.07) is 5.06. The summed E-state index contributed by atoms with van der Waals surface area (Å²) in [5.74, 6) is -0.281. The van der Waals surface area contributed by atoms with Crippen LogP contribution in [0.3, 0.4) is 0 Å². The zero-order chi connectivity index (χ0) is 13.2. The zero-order valence-corrected chi connectivity index (χ0v) is 9.28. The second-order valence-electron chi connectivity index (χ2n) is 3.93. The second-order valence-corrected chi connectivity index (χ2v) is 3.93. The van der Waals surface area contributed by atoms with Gasteiger partial charge in [0.25, 0.3) is 0 Å². The molecule has 0 saturated carbocycles. The van der Waals surface area contributed by atoms with Gasteiger partial charge in [0.15, 0.2) is 0 Å². The van der Waals surface area contributed by atoms with E-state index in [-0.39, 0.29) is 18.4 Å². The molecule has 2 rings (SSSR count). The van der Waals surface area contributed by atoms with Gasteiger partial charge in [0.2, 0.25) is 0 Å². The van der Waals surface area contributed by atoms with Crippen molar-refractivity contribution in [2.24, 2.45) is 0 Å². The average molecular weight is 263 g/mol. The van der Waals surface area contributed by atoms with Crippen molar-refractivity contribution in [3.05, 3.63) is 24.3 Å². The van der Waals surface area contributed by atoms with E-state index in [0.717, 1.165) is 0 Å². The van der Waals surface area contributed by atoms with E-state index in [9.17, 15) is 18.3 Å². The normalized spacial score (nSPS) is 24.0. The number of aliphatic hydroxyl groups excluding tert-OH is 1. The standard InChI is InChI=1S/C11H12F3NO3/c12-11(13,14)18-8-3-1-7(2-4-8)15-9-5-17-6-10(9)16/h1-4,9-10,15-16H,5-6H2. The van der Waals surface area contributed by atoms with Crippen molar-refractivity contribution < 1.29 is 27.8 Å². The van der Waals surface area contributed by atoms with Crippen LogP contribution in [0.2, 0.25) is 0 Å². The number of hydrogen-bond acceptors (Lipinski definition) is 4. The summed E-state index contributed by atoms with van der Waals surface area (Å²) in [4.78, 5) is 0. The SMILES string of the molecule is OC1COCC1Nc1ccc(OC(F)(F)F)cc1. The summed E-state index contributed by atoms with van der Waals surface area (Å²) in [5.41, 5.74) is 0.596. The molecule has 100 valence electrons. The Morgan fingerprint density at radius 2 is 1.89 bits per heavy atom. The summed E-state index contributed by atoms with van der Waals surface area (Å²) in [6.45, 7) is 0.620. The number of anilines is 1. The summed E-state index contributed by atoms with van der Waals surface area (Å²) < 4.78 is 44.6. The van der Waals surface area contributed by atoms with Crippen LogP contribution in [-0.4, -0.2) is 36.8 Å². The van der Waals surface area contributed by atoms with E-state index in [1.54, 1.807) is 0 Å². The molecule has 0 aliphatic carbocycles.